The van der Waals surface area contributed by atoms with Gasteiger partial charge in [-0.3, -0.25) is 34.3 Å². The number of alkyl halides is 3. The van der Waals surface area contributed by atoms with E-state index in [2.05, 4.69) is 10.6 Å². The normalized spacial score (nSPS) is 28.4. The summed E-state index contributed by atoms with van der Waals surface area (Å²) in [4.78, 5) is 53.2. The molecule has 0 spiro atoms. The monoisotopic (exact) mass is 506 g/mol. The van der Waals surface area contributed by atoms with Crippen LogP contribution in [0.1, 0.15) is 64.8 Å². The average molecular weight is 507 g/mol. The molecule has 36 heavy (non-hydrogen) atoms. The zero-order valence-corrected chi connectivity index (χ0v) is 19.8. The molecule has 3 fully saturated rings. The van der Waals surface area contributed by atoms with Crippen molar-refractivity contribution >= 4 is 23.6 Å². The van der Waals surface area contributed by atoms with Crippen LogP contribution < -0.4 is 10.6 Å². The van der Waals surface area contributed by atoms with Gasteiger partial charge in [-0.15, -0.1) is 0 Å². The van der Waals surface area contributed by atoms with Gasteiger partial charge in [-0.25, -0.2) is 0 Å². The van der Waals surface area contributed by atoms with Crippen LogP contribution in [0.2, 0.25) is 0 Å². The molecule has 0 aliphatic carbocycles. The summed E-state index contributed by atoms with van der Waals surface area (Å²) in [7, 11) is 0. The maximum atomic E-state index is 13.7. The first-order valence-corrected chi connectivity index (χ1v) is 12.5. The lowest BCUT2D eigenvalue weighted by Gasteiger charge is -2.45. The summed E-state index contributed by atoms with van der Waals surface area (Å²) in [6.07, 6.45) is -1.97. The van der Waals surface area contributed by atoms with Crippen molar-refractivity contribution < 1.29 is 32.3 Å². The number of carbonyl (C=O) groups excluding carboxylic acids is 4. The number of amides is 4. The molecule has 4 amide bonds. The summed E-state index contributed by atoms with van der Waals surface area (Å²) >= 11 is 0. The van der Waals surface area contributed by atoms with Gasteiger partial charge in [0.2, 0.25) is 11.8 Å². The second kappa shape index (κ2) is 9.59. The highest BCUT2D eigenvalue weighted by Gasteiger charge is 2.48. The van der Waals surface area contributed by atoms with Gasteiger partial charge in [0.25, 0.3) is 11.8 Å². The Morgan fingerprint density at radius 3 is 2.39 bits per heavy atom. The third kappa shape index (κ3) is 4.54. The van der Waals surface area contributed by atoms with Crippen molar-refractivity contribution in [2.24, 2.45) is 11.8 Å². The summed E-state index contributed by atoms with van der Waals surface area (Å²) in [6, 6.07) is 3.67. The Morgan fingerprint density at radius 1 is 0.944 bits per heavy atom. The van der Waals surface area contributed by atoms with E-state index in [0.717, 1.165) is 30.8 Å². The van der Waals surface area contributed by atoms with Gasteiger partial charge in [-0.05, 0) is 62.7 Å². The van der Waals surface area contributed by atoms with Gasteiger partial charge < -0.3 is 5.32 Å². The van der Waals surface area contributed by atoms with Crippen molar-refractivity contribution in [3.8, 4) is 0 Å². The molecular formula is C25H29F3N4O4. The lowest BCUT2D eigenvalue weighted by Crippen LogP contribution is -2.54. The third-order valence-corrected chi connectivity index (χ3v) is 8.05. The lowest BCUT2D eigenvalue weighted by molar-refractivity contribution is -0.193. The number of piperidine rings is 3. The Bertz CT molecular complexity index is 1090. The van der Waals surface area contributed by atoms with Gasteiger partial charge in [-0.2, -0.15) is 13.2 Å². The predicted molar refractivity (Wildman–Crippen MR) is 122 cm³/mol. The highest BCUT2D eigenvalue weighted by Crippen LogP contribution is 2.40. The number of imide groups is 2. The molecule has 0 aromatic heterocycles. The smallest absolute Gasteiger partial charge is 0.317 e. The molecule has 4 aliphatic heterocycles. The number of fused-ring (bicyclic) bond motifs is 1. The minimum atomic E-state index is -4.30. The zero-order chi connectivity index (χ0) is 25.6. The number of halogens is 3. The van der Waals surface area contributed by atoms with E-state index in [1.54, 1.807) is 12.1 Å². The number of likely N-dealkylation sites (tertiary alicyclic amines) is 1. The Labute approximate surface area is 206 Å². The van der Waals surface area contributed by atoms with E-state index in [1.807, 2.05) is 4.90 Å². The molecule has 4 aliphatic rings. The fourth-order valence-electron chi connectivity index (χ4n) is 6.21. The predicted octanol–water partition coefficient (Wildman–Crippen LogP) is 2.23. The van der Waals surface area contributed by atoms with E-state index >= 15 is 0 Å². The van der Waals surface area contributed by atoms with Crippen LogP contribution in [0, 0.1) is 11.8 Å². The van der Waals surface area contributed by atoms with E-state index in [-0.39, 0.29) is 55.4 Å². The van der Waals surface area contributed by atoms with Crippen LogP contribution in [0.5, 0.6) is 0 Å². The highest BCUT2D eigenvalue weighted by molar-refractivity contribution is 6.24. The first-order chi connectivity index (χ1) is 17.1. The van der Waals surface area contributed by atoms with Crippen LogP contribution in [-0.2, 0) is 16.1 Å². The van der Waals surface area contributed by atoms with Gasteiger partial charge in [0.15, 0.2) is 0 Å². The minimum absolute atomic E-state index is 0.0151. The van der Waals surface area contributed by atoms with Crippen LogP contribution in [-0.4, -0.2) is 71.3 Å². The zero-order valence-electron chi connectivity index (χ0n) is 19.8. The second-order valence-electron chi connectivity index (χ2n) is 10.2. The maximum absolute atomic E-state index is 13.7. The topological polar surface area (TPSA) is 98.8 Å². The summed E-state index contributed by atoms with van der Waals surface area (Å²) in [5.74, 6) is -3.59. The summed E-state index contributed by atoms with van der Waals surface area (Å²) in [5, 5.41) is 5.47. The number of carbonyl (C=O) groups is 4. The molecule has 8 nitrogen and oxygen atoms in total. The largest absolute Gasteiger partial charge is 0.393 e. The van der Waals surface area contributed by atoms with E-state index in [1.165, 1.54) is 6.07 Å². The quantitative estimate of drug-likeness (QED) is 0.608. The SMILES string of the molecule is O=C1CCC(N2C(=O)c3cccc(CN4CC(C(F)(F)F)CCC4C4CCNCC4)c3C2=O)C(=O)N1. The molecule has 3 saturated heterocycles. The Balaban J connectivity index is 1.43. The highest BCUT2D eigenvalue weighted by atomic mass is 19.4. The first-order valence-electron chi connectivity index (χ1n) is 12.5. The Morgan fingerprint density at radius 2 is 1.69 bits per heavy atom. The number of rotatable bonds is 4. The van der Waals surface area contributed by atoms with Crippen LogP contribution >= 0.6 is 0 Å². The molecule has 2 N–H and O–H groups in total. The molecule has 4 heterocycles. The number of nitrogens with zero attached hydrogens (tertiary/aromatic N) is 2. The lowest BCUT2D eigenvalue weighted by atomic mass is 9.81. The molecule has 0 bridgehead atoms. The van der Waals surface area contributed by atoms with Crippen LogP contribution in [0.4, 0.5) is 13.2 Å². The molecular weight excluding hydrogens is 477 g/mol. The molecule has 1 aromatic carbocycles. The fraction of sp³-hybridized carbons (Fsp3) is 0.600. The standard InChI is InChI=1S/C25H29F3N4O4/c26-25(27,28)16-4-5-18(14-8-10-29-11-9-14)31(13-16)12-15-2-1-3-17-21(15)24(36)32(23(17)35)19-6-7-20(33)30-22(19)34/h1-3,14,16,18-19,29H,4-13H2,(H,30,33,34). The average Bonchev–Trinajstić information content (AvgIpc) is 3.10. The molecule has 3 unspecified atom stereocenters. The van der Waals surface area contributed by atoms with Crippen LogP contribution in [0.25, 0.3) is 0 Å². The molecule has 0 saturated carbocycles. The van der Waals surface area contributed by atoms with E-state index in [0.29, 0.717) is 12.0 Å². The van der Waals surface area contributed by atoms with Gasteiger partial charge in [-0.1, -0.05) is 12.1 Å². The van der Waals surface area contributed by atoms with Crippen LogP contribution in [0.3, 0.4) is 0 Å². The molecule has 3 atom stereocenters. The first kappa shape index (κ1) is 24.9. The number of hydrogen-bond acceptors (Lipinski definition) is 6. The molecule has 5 rings (SSSR count). The van der Waals surface area contributed by atoms with Crippen molar-refractivity contribution in [1.29, 1.82) is 0 Å². The summed E-state index contributed by atoms with van der Waals surface area (Å²) in [6.45, 7) is 1.62. The summed E-state index contributed by atoms with van der Waals surface area (Å²) in [5.41, 5.74) is 0.776. The van der Waals surface area contributed by atoms with Gasteiger partial charge >= 0.3 is 6.18 Å². The van der Waals surface area contributed by atoms with E-state index < -0.39 is 41.8 Å². The van der Waals surface area contributed by atoms with Crippen LogP contribution in [0.15, 0.2) is 18.2 Å². The maximum Gasteiger partial charge on any atom is 0.393 e. The Hall–Kier alpha value is -2.79. The molecule has 11 heteroatoms. The Kier molecular flexibility index (Phi) is 6.63. The number of benzene rings is 1. The van der Waals surface area contributed by atoms with Crippen molar-refractivity contribution in [2.75, 3.05) is 19.6 Å². The van der Waals surface area contributed by atoms with E-state index in [9.17, 15) is 32.3 Å². The molecule has 0 radical (unpaired) electrons. The van der Waals surface area contributed by atoms with Gasteiger partial charge in [0, 0.05) is 25.6 Å². The molecule has 194 valence electrons. The number of nitrogens with one attached hydrogen (secondary N) is 2. The van der Waals surface area contributed by atoms with E-state index in [4.69, 9.17) is 0 Å². The van der Waals surface area contributed by atoms with Gasteiger partial charge in [0.05, 0.1) is 17.0 Å². The van der Waals surface area contributed by atoms with Gasteiger partial charge in [0.1, 0.15) is 6.04 Å². The van der Waals surface area contributed by atoms with Crippen molar-refractivity contribution in [2.45, 2.75) is 63.3 Å². The molecule has 1 aromatic rings. The van der Waals surface area contributed by atoms with Crippen molar-refractivity contribution in [3.05, 3.63) is 34.9 Å². The van der Waals surface area contributed by atoms with Crippen molar-refractivity contribution in [1.82, 2.24) is 20.4 Å². The second-order valence-corrected chi connectivity index (χ2v) is 10.2. The summed E-state index contributed by atoms with van der Waals surface area (Å²) < 4.78 is 41.0. The number of hydrogen-bond donors (Lipinski definition) is 2. The minimum Gasteiger partial charge on any atom is -0.317 e. The fourth-order valence-corrected chi connectivity index (χ4v) is 6.21. The third-order valence-electron chi connectivity index (χ3n) is 8.05. The van der Waals surface area contributed by atoms with Crippen molar-refractivity contribution in [3.63, 3.8) is 0 Å².